The smallest absolute Gasteiger partial charge is 0.290 e. The fourth-order valence-electron chi connectivity index (χ4n) is 1.64. The Hall–Kier alpha value is -1.84. The van der Waals surface area contributed by atoms with Gasteiger partial charge < -0.3 is 0 Å². The highest BCUT2D eigenvalue weighted by Crippen LogP contribution is 2.25. The molecule has 0 amide bonds. The molecule has 4 heteroatoms. The van der Waals surface area contributed by atoms with Gasteiger partial charge in [-0.3, -0.25) is 4.79 Å². The Morgan fingerprint density at radius 1 is 0.941 bits per heavy atom. The molecule has 1 atom stereocenters. The molecule has 0 fully saturated rings. The Kier molecular flexibility index (Phi) is 3.13. The van der Waals surface area contributed by atoms with Crippen LogP contribution in [0.5, 0.6) is 0 Å². The molecule has 1 unspecified atom stereocenters. The lowest BCUT2D eigenvalue weighted by Crippen LogP contribution is -2.16. The molecule has 0 heterocycles. The van der Waals surface area contributed by atoms with E-state index in [9.17, 15) is 18.0 Å². The second kappa shape index (κ2) is 4.57. The zero-order valence-corrected chi connectivity index (χ0v) is 8.74. The fraction of sp³-hybridized carbons (Fsp3) is 0.154. The maximum absolute atomic E-state index is 13.5. The minimum absolute atomic E-state index is 0.0333. The molecular weight excluding hydrogens is 229 g/mol. The van der Waals surface area contributed by atoms with Gasteiger partial charge in [-0.05, 0) is 22.4 Å². The number of benzene rings is 2. The number of alkyl halides is 3. The van der Waals surface area contributed by atoms with Crippen molar-refractivity contribution in [3.8, 4) is 0 Å². The molecule has 0 saturated carbocycles. The highest BCUT2D eigenvalue weighted by atomic mass is 19.3. The Morgan fingerprint density at radius 2 is 1.59 bits per heavy atom. The van der Waals surface area contributed by atoms with Crippen LogP contribution in [-0.4, -0.2) is 12.2 Å². The highest BCUT2D eigenvalue weighted by molar-refractivity contribution is 5.89. The first kappa shape index (κ1) is 11.6. The van der Waals surface area contributed by atoms with Gasteiger partial charge in [0.2, 0.25) is 5.78 Å². The lowest BCUT2D eigenvalue weighted by molar-refractivity contribution is -0.134. The molecule has 0 aliphatic carbocycles. The normalized spacial score (nSPS) is 12.9. The third-order valence-corrected chi connectivity index (χ3v) is 2.53. The standard InChI is InChI=1S/C13H9F3O/c14-11(12(17)13(15)16)10-6-5-8-3-1-2-4-9(8)7-10/h1-7,11,13H. The Balaban J connectivity index is 2.39. The molecule has 2 aromatic rings. The average Bonchev–Trinajstić information content (AvgIpc) is 2.36. The van der Waals surface area contributed by atoms with Gasteiger partial charge in [-0.2, -0.15) is 0 Å². The average molecular weight is 238 g/mol. The van der Waals surface area contributed by atoms with E-state index in [-0.39, 0.29) is 5.56 Å². The number of carbonyl (C=O) groups excluding carboxylic acids is 1. The summed E-state index contributed by atoms with van der Waals surface area (Å²) < 4.78 is 37.7. The Bertz CT molecular complexity index is 551. The van der Waals surface area contributed by atoms with Gasteiger partial charge >= 0.3 is 0 Å². The van der Waals surface area contributed by atoms with Crippen molar-refractivity contribution >= 4 is 16.6 Å². The molecule has 0 N–H and O–H groups in total. The molecule has 2 rings (SSSR count). The summed E-state index contributed by atoms with van der Waals surface area (Å²) in [5.74, 6) is -1.69. The monoisotopic (exact) mass is 238 g/mol. The number of hydrogen-bond acceptors (Lipinski definition) is 1. The van der Waals surface area contributed by atoms with Crippen LogP contribution in [-0.2, 0) is 4.79 Å². The van der Waals surface area contributed by atoms with Gasteiger partial charge in [0, 0.05) is 0 Å². The van der Waals surface area contributed by atoms with E-state index < -0.39 is 18.4 Å². The van der Waals surface area contributed by atoms with E-state index in [1.54, 1.807) is 18.2 Å². The number of carbonyl (C=O) groups is 1. The van der Waals surface area contributed by atoms with E-state index >= 15 is 0 Å². The fourth-order valence-corrected chi connectivity index (χ4v) is 1.64. The largest absolute Gasteiger partial charge is 0.299 e. The number of fused-ring (bicyclic) bond motifs is 1. The van der Waals surface area contributed by atoms with Crippen molar-refractivity contribution in [1.29, 1.82) is 0 Å². The van der Waals surface area contributed by atoms with E-state index in [1.165, 1.54) is 12.1 Å². The van der Waals surface area contributed by atoms with Crippen LogP contribution < -0.4 is 0 Å². The second-order valence-electron chi connectivity index (χ2n) is 3.67. The predicted octanol–water partition coefficient (Wildman–Crippen LogP) is 3.68. The minimum atomic E-state index is -3.28. The maximum atomic E-state index is 13.5. The molecule has 0 saturated heterocycles. The van der Waals surface area contributed by atoms with Gasteiger partial charge in [0.1, 0.15) is 0 Å². The van der Waals surface area contributed by atoms with E-state index in [0.29, 0.717) is 0 Å². The summed E-state index contributed by atoms with van der Waals surface area (Å²) in [4.78, 5) is 10.9. The van der Waals surface area contributed by atoms with Gasteiger partial charge in [-0.1, -0.05) is 36.4 Å². The molecule has 0 aliphatic heterocycles. The van der Waals surface area contributed by atoms with Crippen LogP contribution in [0.1, 0.15) is 11.7 Å². The van der Waals surface area contributed by atoms with Crippen molar-refractivity contribution in [2.45, 2.75) is 12.6 Å². The number of rotatable bonds is 3. The number of ketones is 1. The maximum Gasteiger partial charge on any atom is 0.299 e. The summed E-state index contributed by atoms with van der Waals surface area (Å²) in [6, 6.07) is 11.5. The molecule has 17 heavy (non-hydrogen) atoms. The summed E-state index contributed by atoms with van der Waals surface area (Å²) >= 11 is 0. The summed E-state index contributed by atoms with van der Waals surface area (Å²) in [6.45, 7) is 0. The Labute approximate surface area is 95.9 Å². The third-order valence-electron chi connectivity index (χ3n) is 2.53. The van der Waals surface area contributed by atoms with Crippen LogP contribution in [0, 0.1) is 0 Å². The first-order valence-corrected chi connectivity index (χ1v) is 5.04. The first-order valence-electron chi connectivity index (χ1n) is 5.04. The molecule has 2 aromatic carbocycles. The summed E-state index contributed by atoms with van der Waals surface area (Å²) in [6.07, 6.45) is -5.55. The van der Waals surface area contributed by atoms with Crippen molar-refractivity contribution < 1.29 is 18.0 Å². The lowest BCUT2D eigenvalue weighted by Gasteiger charge is -2.08. The molecule has 0 aromatic heterocycles. The molecule has 88 valence electrons. The van der Waals surface area contributed by atoms with Crippen LogP contribution in [0.15, 0.2) is 42.5 Å². The molecule has 0 spiro atoms. The van der Waals surface area contributed by atoms with Crippen LogP contribution in [0.3, 0.4) is 0 Å². The van der Waals surface area contributed by atoms with Crippen LogP contribution in [0.4, 0.5) is 13.2 Å². The quantitative estimate of drug-likeness (QED) is 0.797. The molecule has 0 aliphatic rings. The van der Waals surface area contributed by atoms with Crippen molar-refractivity contribution in [1.82, 2.24) is 0 Å². The van der Waals surface area contributed by atoms with Crippen LogP contribution in [0.2, 0.25) is 0 Å². The number of Topliss-reactive ketones (excluding diaryl/α,β-unsaturated/α-hetero) is 1. The van der Waals surface area contributed by atoms with Gasteiger partial charge in [-0.15, -0.1) is 0 Å². The predicted molar refractivity (Wildman–Crippen MR) is 58.8 cm³/mol. The third kappa shape index (κ3) is 2.30. The summed E-state index contributed by atoms with van der Waals surface area (Å²) in [7, 11) is 0. The van der Waals surface area contributed by atoms with Gasteiger partial charge in [-0.25, -0.2) is 13.2 Å². The van der Waals surface area contributed by atoms with E-state index in [4.69, 9.17) is 0 Å². The van der Waals surface area contributed by atoms with Crippen molar-refractivity contribution in [3.63, 3.8) is 0 Å². The van der Waals surface area contributed by atoms with Crippen LogP contribution in [0.25, 0.3) is 10.8 Å². The van der Waals surface area contributed by atoms with Gasteiger partial charge in [0.15, 0.2) is 6.17 Å². The number of halogens is 3. The van der Waals surface area contributed by atoms with E-state index in [2.05, 4.69) is 0 Å². The minimum Gasteiger partial charge on any atom is -0.290 e. The zero-order chi connectivity index (χ0) is 12.4. The van der Waals surface area contributed by atoms with Crippen molar-refractivity contribution in [2.75, 3.05) is 0 Å². The SMILES string of the molecule is O=C(C(F)F)C(F)c1ccc2ccccc2c1. The second-order valence-corrected chi connectivity index (χ2v) is 3.67. The first-order chi connectivity index (χ1) is 8.09. The zero-order valence-electron chi connectivity index (χ0n) is 8.74. The van der Waals surface area contributed by atoms with Crippen molar-refractivity contribution in [2.24, 2.45) is 0 Å². The van der Waals surface area contributed by atoms with Gasteiger partial charge in [0.05, 0.1) is 0 Å². The van der Waals surface area contributed by atoms with Gasteiger partial charge in [0.25, 0.3) is 6.43 Å². The molecular formula is C13H9F3O. The highest BCUT2D eigenvalue weighted by Gasteiger charge is 2.27. The van der Waals surface area contributed by atoms with Crippen molar-refractivity contribution in [3.05, 3.63) is 48.0 Å². The lowest BCUT2D eigenvalue weighted by atomic mass is 10.0. The summed E-state index contributed by atoms with van der Waals surface area (Å²) in [5, 5.41) is 1.59. The summed E-state index contributed by atoms with van der Waals surface area (Å²) in [5.41, 5.74) is -0.0333. The molecule has 1 nitrogen and oxygen atoms in total. The van der Waals surface area contributed by atoms with Crippen LogP contribution >= 0.6 is 0 Å². The number of hydrogen-bond donors (Lipinski definition) is 0. The Morgan fingerprint density at radius 3 is 2.24 bits per heavy atom. The topological polar surface area (TPSA) is 17.1 Å². The molecule has 0 bridgehead atoms. The van der Waals surface area contributed by atoms with E-state index in [0.717, 1.165) is 10.8 Å². The van der Waals surface area contributed by atoms with E-state index in [1.807, 2.05) is 12.1 Å². The molecule has 0 radical (unpaired) electrons.